The Balaban J connectivity index is 2.11. The third-order valence-corrected chi connectivity index (χ3v) is 3.78. The first kappa shape index (κ1) is 12.3. The maximum atomic E-state index is 13.2. The zero-order valence-electron chi connectivity index (χ0n) is 9.56. The summed E-state index contributed by atoms with van der Waals surface area (Å²) in [6.45, 7) is 0. The molecular formula is C14H7FINO2. The molecule has 5 heteroatoms. The van der Waals surface area contributed by atoms with Crippen molar-refractivity contribution >= 4 is 40.1 Å². The molecule has 0 aromatic heterocycles. The molecule has 94 valence electrons. The highest BCUT2D eigenvalue weighted by Gasteiger charge is 2.36. The van der Waals surface area contributed by atoms with E-state index in [2.05, 4.69) is 0 Å². The van der Waals surface area contributed by atoms with Gasteiger partial charge in [-0.05, 0) is 52.9 Å². The van der Waals surface area contributed by atoms with Gasteiger partial charge in [0, 0.05) is 0 Å². The maximum absolute atomic E-state index is 13.2. The minimum Gasteiger partial charge on any atom is -0.268 e. The van der Waals surface area contributed by atoms with Gasteiger partial charge in [-0.15, -0.1) is 0 Å². The number of carbonyl (C=O) groups excluding carboxylic acids is 2. The Morgan fingerprint density at radius 3 is 2.05 bits per heavy atom. The van der Waals surface area contributed by atoms with E-state index in [9.17, 15) is 14.0 Å². The van der Waals surface area contributed by atoms with E-state index in [-0.39, 0.29) is 17.6 Å². The molecule has 2 amide bonds. The zero-order valence-corrected chi connectivity index (χ0v) is 11.7. The van der Waals surface area contributed by atoms with Crippen molar-refractivity contribution in [3.63, 3.8) is 0 Å². The van der Waals surface area contributed by atoms with E-state index in [1.165, 1.54) is 18.2 Å². The molecule has 0 fully saturated rings. The van der Waals surface area contributed by atoms with E-state index >= 15 is 0 Å². The first-order chi connectivity index (χ1) is 9.09. The Morgan fingerprint density at radius 1 is 0.947 bits per heavy atom. The normalized spacial score (nSPS) is 13.9. The van der Waals surface area contributed by atoms with Crippen LogP contribution < -0.4 is 4.90 Å². The lowest BCUT2D eigenvalue weighted by atomic mass is 10.1. The second-order valence-electron chi connectivity index (χ2n) is 4.09. The zero-order chi connectivity index (χ0) is 13.6. The molecule has 1 aliphatic heterocycles. The number of fused-ring (bicyclic) bond motifs is 1. The number of imide groups is 1. The summed E-state index contributed by atoms with van der Waals surface area (Å²) in [7, 11) is 0. The van der Waals surface area contributed by atoms with Crippen molar-refractivity contribution in [2.45, 2.75) is 0 Å². The topological polar surface area (TPSA) is 37.4 Å². The molecule has 2 aromatic rings. The molecular weight excluding hydrogens is 360 g/mol. The number of carbonyl (C=O) groups is 2. The highest BCUT2D eigenvalue weighted by molar-refractivity contribution is 14.1. The van der Waals surface area contributed by atoms with Crippen LogP contribution in [0.3, 0.4) is 0 Å². The summed E-state index contributed by atoms with van der Waals surface area (Å²) in [6.07, 6.45) is 0. The molecule has 2 aromatic carbocycles. The molecule has 0 unspecified atom stereocenters. The molecule has 0 spiro atoms. The number of halogens is 2. The van der Waals surface area contributed by atoms with E-state index in [4.69, 9.17) is 0 Å². The van der Waals surface area contributed by atoms with Crippen LogP contribution in [0, 0.1) is 9.39 Å². The van der Waals surface area contributed by atoms with Crippen LogP contribution in [0.4, 0.5) is 10.1 Å². The Morgan fingerprint density at radius 2 is 1.53 bits per heavy atom. The SMILES string of the molecule is O=C1c2ccccc2C(=O)N1c1ccc(F)c(I)c1. The number of hydrogen-bond donors (Lipinski definition) is 0. The van der Waals surface area contributed by atoms with Crippen molar-refractivity contribution in [2.24, 2.45) is 0 Å². The average molecular weight is 367 g/mol. The minimum absolute atomic E-state index is 0.367. The van der Waals surface area contributed by atoms with Gasteiger partial charge >= 0.3 is 0 Å². The monoisotopic (exact) mass is 367 g/mol. The molecule has 1 heterocycles. The highest BCUT2D eigenvalue weighted by atomic mass is 127. The molecule has 0 bridgehead atoms. The summed E-state index contributed by atoms with van der Waals surface area (Å²) in [5.41, 5.74) is 1.15. The lowest BCUT2D eigenvalue weighted by Crippen LogP contribution is -2.29. The molecule has 0 aliphatic carbocycles. The van der Waals surface area contributed by atoms with Gasteiger partial charge in [-0.3, -0.25) is 9.59 Å². The molecule has 0 atom stereocenters. The van der Waals surface area contributed by atoms with Crippen LogP contribution >= 0.6 is 22.6 Å². The number of amides is 2. The van der Waals surface area contributed by atoms with Crippen molar-refractivity contribution in [1.82, 2.24) is 0 Å². The second kappa shape index (κ2) is 4.41. The average Bonchev–Trinajstić information content (AvgIpc) is 2.66. The van der Waals surface area contributed by atoms with E-state index in [0.717, 1.165) is 4.90 Å². The molecule has 3 nitrogen and oxygen atoms in total. The van der Waals surface area contributed by atoms with Crippen LogP contribution in [0.1, 0.15) is 20.7 Å². The van der Waals surface area contributed by atoms with Crippen molar-refractivity contribution in [3.05, 3.63) is 63.0 Å². The van der Waals surface area contributed by atoms with Gasteiger partial charge in [-0.2, -0.15) is 0 Å². The van der Waals surface area contributed by atoms with Gasteiger partial charge in [0.25, 0.3) is 11.8 Å². The van der Waals surface area contributed by atoms with Crippen LogP contribution in [-0.2, 0) is 0 Å². The number of hydrogen-bond acceptors (Lipinski definition) is 2. The minimum atomic E-state index is -0.374. The summed E-state index contributed by atoms with van der Waals surface area (Å²) in [5.74, 6) is -1.12. The fraction of sp³-hybridized carbons (Fsp3) is 0. The van der Waals surface area contributed by atoms with Crippen LogP contribution in [0.15, 0.2) is 42.5 Å². The second-order valence-corrected chi connectivity index (χ2v) is 5.25. The lowest BCUT2D eigenvalue weighted by Gasteiger charge is -2.14. The van der Waals surface area contributed by atoms with Crippen LogP contribution in [0.5, 0.6) is 0 Å². The largest absolute Gasteiger partial charge is 0.268 e. The number of anilines is 1. The fourth-order valence-corrected chi connectivity index (χ4v) is 2.55. The summed E-state index contributed by atoms with van der Waals surface area (Å²) < 4.78 is 13.6. The van der Waals surface area contributed by atoms with Gasteiger partial charge in [0.05, 0.1) is 20.4 Å². The van der Waals surface area contributed by atoms with Gasteiger partial charge in [0.2, 0.25) is 0 Å². The van der Waals surface area contributed by atoms with Gasteiger partial charge in [0.15, 0.2) is 0 Å². The smallest absolute Gasteiger partial charge is 0.266 e. The Labute approximate surface area is 122 Å². The summed E-state index contributed by atoms with van der Waals surface area (Å²) in [4.78, 5) is 25.5. The number of rotatable bonds is 1. The summed E-state index contributed by atoms with van der Waals surface area (Å²) in [6, 6.07) is 10.8. The Kier molecular flexibility index (Phi) is 2.85. The van der Waals surface area contributed by atoms with Gasteiger partial charge in [-0.25, -0.2) is 9.29 Å². The highest BCUT2D eigenvalue weighted by Crippen LogP contribution is 2.29. The van der Waals surface area contributed by atoms with Gasteiger partial charge in [-0.1, -0.05) is 12.1 Å². The first-order valence-electron chi connectivity index (χ1n) is 5.52. The van der Waals surface area contributed by atoms with Crippen molar-refractivity contribution < 1.29 is 14.0 Å². The molecule has 19 heavy (non-hydrogen) atoms. The summed E-state index contributed by atoms with van der Waals surface area (Å²) in [5, 5.41) is 0. The third kappa shape index (κ3) is 1.85. The molecule has 0 saturated carbocycles. The summed E-state index contributed by atoms with van der Waals surface area (Å²) >= 11 is 1.83. The lowest BCUT2D eigenvalue weighted by molar-refractivity contribution is 0.0926. The van der Waals surface area contributed by atoms with Crippen molar-refractivity contribution in [1.29, 1.82) is 0 Å². The molecule has 0 saturated heterocycles. The number of benzene rings is 2. The maximum Gasteiger partial charge on any atom is 0.266 e. The predicted octanol–water partition coefficient (Wildman–Crippen LogP) is 3.23. The van der Waals surface area contributed by atoms with Crippen LogP contribution in [0.2, 0.25) is 0 Å². The van der Waals surface area contributed by atoms with E-state index < -0.39 is 0 Å². The Bertz CT molecular complexity index is 679. The third-order valence-electron chi connectivity index (χ3n) is 2.96. The van der Waals surface area contributed by atoms with Crippen molar-refractivity contribution in [2.75, 3.05) is 4.90 Å². The van der Waals surface area contributed by atoms with Crippen LogP contribution in [0.25, 0.3) is 0 Å². The molecule has 3 rings (SSSR count). The Hall–Kier alpha value is -1.76. The molecule has 0 N–H and O–H groups in total. The van der Waals surface area contributed by atoms with Gasteiger partial charge < -0.3 is 0 Å². The van der Waals surface area contributed by atoms with E-state index in [1.54, 1.807) is 24.3 Å². The standard InChI is InChI=1S/C14H7FINO2/c15-11-6-5-8(7-12(11)16)17-13(18)9-3-1-2-4-10(9)14(17)19/h1-7H. The first-order valence-corrected chi connectivity index (χ1v) is 6.60. The predicted molar refractivity (Wildman–Crippen MR) is 76.7 cm³/mol. The van der Waals surface area contributed by atoms with Crippen molar-refractivity contribution in [3.8, 4) is 0 Å². The fourth-order valence-electron chi connectivity index (χ4n) is 2.05. The van der Waals surface area contributed by atoms with E-state index in [0.29, 0.717) is 20.4 Å². The molecule has 1 aliphatic rings. The molecule has 0 radical (unpaired) electrons. The van der Waals surface area contributed by atoms with E-state index in [1.807, 2.05) is 22.6 Å². The van der Waals surface area contributed by atoms with Gasteiger partial charge in [0.1, 0.15) is 5.82 Å². The number of nitrogens with zero attached hydrogens (tertiary/aromatic N) is 1. The quantitative estimate of drug-likeness (QED) is 0.574. The van der Waals surface area contributed by atoms with Crippen LogP contribution in [-0.4, -0.2) is 11.8 Å².